The van der Waals surface area contributed by atoms with Crippen molar-refractivity contribution in [1.29, 1.82) is 0 Å². The Morgan fingerprint density at radius 3 is 2.88 bits per heavy atom. The van der Waals surface area contributed by atoms with Crippen LogP contribution < -0.4 is 0 Å². The Labute approximate surface area is 148 Å². The predicted molar refractivity (Wildman–Crippen MR) is 100 cm³/mol. The maximum atomic E-state index is 13.1. The first-order valence-electron chi connectivity index (χ1n) is 9.52. The molecule has 4 nitrogen and oxygen atoms in total. The van der Waals surface area contributed by atoms with Crippen LogP contribution in [0.15, 0.2) is 30.5 Å². The minimum atomic E-state index is -0.00917. The Balaban J connectivity index is 1.55. The van der Waals surface area contributed by atoms with Gasteiger partial charge in [0.1, 0.15) is 0 Å². The lowest BCUT2D eigenvalue weighted by molar-refractivity contribution is -0.135. The summed E-state index contributed by atoms with van der Waals surface area (Å²) in [6.45, 7) is 2.70. The van der Waals surface area contributed by atoms with Crippen LogP contribution in [0.2, 0.25) is 0 Å². The fourth-order valence-corrected chi connectivity index (χ4v) is 4.95. The minimum absolute atomic E-state index is 0.00917. The lowest BCUT2D eigenvalue weighted by atomic mass is 9.79. The van der Waals surface area contributed by atoms with Crippen molar-refractivity contribution in [3.05, 3.63) is 41.6 Å². The third-order valence-electron chi connectivity index (χ3n) is 6.25. The Hall–Kier alpha value is -2.07. The van der Waals surface area contributed by atoms with Crippen molar-refractivity contribution in [2.45, 2.75) is 31.7 Å². The third kappa shape index (κ3) is 2.35. The number of piperidine rings is 1. The van der Waals surface area contributed by atoms with Crippen molar-refractivity contribution in [1.82, 2.24) is 14.8 Å². The lowest BCUT2D eigenvalue weighted by Gasteiger charge is -2.41. The number of fused-ring (bicyclic) bond motifs is 2. The van der Waals surface area contributed by atoms with Crippen molar-refractivity contribution >= 4 is 22.4 Å². The van der Waals surface area contributed by atoms with E-state index in [2.05, 4.69) is 52.3 Å². The molecule has 0 spiro atoms. The van der Waals surface area contributed by atoms with Crippen LogP contribution in [0.25, 0.3) is 16.5 Å². The first-order valence-corrected chi connectivity index (χ1v) is 9.52. The lowest BCUT2D eigenvalue weighted by Crippen LogP contribution is -2.48. The van der Waals surface area contributed by atoms with Crippen molar-refractivity contribution in [3.8, 4) is 0 Å². The number of carbonyl (C=O) groups is 1. The van der Waals surface area contributed by atoms with Gasteiger partial charge in [-0.05, 0) is 55.5 Å². The number of hydrogen-bond donors (Lipinski definition) is 1. The number of likely N-dealkylation sites (tertiary alicyclic amines) is 1. The van der Waals surface area contributed by atoms with E-state index < -0.39 is 0 Å². The van der Waals surface area contributed by atoms with E-state index in [4.69, 9.17) is 0 Å². The number of amides is 1. The largest absolute Gasteiger partial charge is 0.361 e. The summed E-state index contributed by atoms with van der Waals surface area (Å²) in [4.78, 5) is 20.9. The van der Waals surface area contributed by atoms with E-state index in [1.165, 1.54) is 34.0 Å². The number of nitrogens with zero attached hydrogens (tertiary/aromatic N) is 2. The number of aromatic amines is 1. The molecule has 25 heavy (non-hydrogen) atoms. The SMILES string of the molecule is CN1CC(C(=O)N2CCCCC2)C=C2c3cccc4[nH]cc(c34)C[C@H]21. The maximum absolute atomic E-state index is 13.1. The molecule has 0 radical (unpaired) electrons. The molecule has 1 aliphatic carbocycles. The summed E-state index contributed by atoms with van der Waals surface area (Å²) in [5.74, 6) is 0.314. The predicted octanol–water partition coefficient (Wildman–Crippen LogP) is 3.05. The quantitative estimate of drug-likeness (QED) is 0.870. The number of nitrogens with one attached hydrogen (secondary N) is 1. The molecule has 1 saturated heterocycles. The van der Waals surface area contributed by atoms with E-state index in [9.17, 15) is 4.79 Å². The fraction of sp³-hybridized carbons (Fsp3) is 0.476. The van der Waals surface area contributed by atoms with Crippen molar-refractivity contribution in [2.24, 2.45) is 5.92 Å². The zero-order valence-electron chi connectivity index (χ0n) is 14.8. The standard InChI is InChI=1S/C21H25N3O/c1-23-13-15(21(25)24-8-3-2-4-9-24)10-17-16-6-5-7-18-20(16)14(12-22-18)11-19(17)23/h5-7,10,12,15,19,22H,2-4,8-9,11,13H2,1H3/t15?,19-/m1/s1. The highest BCUT2D eigenvalue weighted by Gasteiger charge is 2.36. The first-order chi connectivity index (χ1) is 12.2. The van der Waals surface area contributed by atoms with Crippen LogP contribution in [0.4, 0.5) is 0 Å². The van der Waals surface area contributed by atoms with Gasteiger partial charge in [-0.2, -0.15) is 0 Å². The second-order valence-corrected chi connectivity index (χ2v) is 7.82. The summed E-state index contributed by atoms with van der Waals surface area (Å²) in [6, 6.07) is 6.88. The molecule has 1 unspecified atom stereocenters. The van der Waals surface area contributed by atoms with Crippen LogP contribution in [0.3, 0.4) is 0 Å². The zero-order valence-corrected chi connectivity index (χ0v) is 14.8. The second kappa shape index (κ2) is 5.73. The Morgan fingerprint density at radius 2 is 2.04 bits per heavy atom. The van der Waals surface area contributed by atoms with Crippen LogP contribution in [0.1, 0.15) is 30.4 Å². The van der Waals surface area contributed by atoms with Gasteiger partial charge in [-0.15, -0.1) is 0 Å². The van der Waals surface area contributed by atoms with E-state index in [0.717, 1.165) is 38.9 Å². The molecule has 2 atom stereocenters. The molecule has 1 N–H and O–H groups in total. The van der Waals surface area contributed by atoms with Gasteiger partial charge < -0.3 is 9.88 Å². The number of carbonyl (C=O) groups excluding carboxylic acids is 1. The molecule has 3 heterocycles. The van der Waals surface area contributed by atoms with Gasteiger partial charge in [0.25, 0.3) is 0 Å². The molecule has 4 heteroatoms. The van der Waals surface area contributed by atoms with Gasteiger partial charge >= 0.3 is 0 Å². The van der Waals surface area contributed by atoms with Crippen LogP contribution in [0.5, 0.6) is 0 Å². The van der Waals surface area contributed by atoms with E-state index in [1.807, 2.05) is 0 Å². The van der Waals surface area contributed by atoms with Gasteiger partial charge in [0.05, 0.1) is 5.92 Å². The molecular weight excluding hydrogens is 310 g/mol. The molecule has 1 aromatic heterocycles. The van der Waals surface area contributed by atoms with Gasteiger partial charge in [-0.25, -0.2) is 0 Å². The van der Waals surface area contributed by atoms with Crippen LogP contribution in [-0.4, -0.2) is 53.4 Å². The molecule has 1 amide bonds. The van der Waals surface area contributed by atoms with E-state index in [-0.39, 0.29) is 5.92 Å². The van der Waals surface area contributed by atoms with E-state index >= 15 is 0 Å². The molecule has 1 aromatic carbocycles. The molecular formula is C21H25N3O. The first kappa shape index (κ1) is 15.2. The zero-order chi connectivity index (χ0) is 17.0. The van der Waals surface area contributed by atoms with Crippen molar-refractivity contribution in [2.75, 3.05) is 26.7 Å². The Bertz CT molecular complexity index is 859. The summed E-state index contributed by atoms with van der Waals surface area (Å²) < 4.78 is 0. The molecule has 1 fully saturated rings. The topological polar surface area (TPSA) is 39.3 Å². The molecule has 0 saturated carbocycles. The van der Waals surface area contributed by atoms with E-state index in [1.54, 1.807) is 0 Å². The highest BCUT2D eigenvalue weighted by atomic mass is 16.2. The fourth-order valence-electron chi connectivity index (χ4n) is 4.95. The molecule has 3 aliphatic rings. The summed E-state index contributed by atoms with van der Waals surface area (Å²) in [5, 5.41) is 1.35. The normalized spacial score (nSPS) is 26.4. The second-order valence-electron chi connectivity index (χ2n) is 7.82. The smallest absolute Gasteiger partial charge is 0.230 e. The van der Waals surface area contributed by atoms with Crippen LogP contribution >= 0.6 is 0 Å². The van der Waals surface area contributed by atoms with E-state index in [0.29, 0.717) is 11.9 Å². The highest BCUT2D eigenvalue weighted by molar-refractivity contribution is 5.99. The van der Waals surface area contributed by atoms with Gasteiger partial charge in [-0.3, -0.25) is 9.69 Å². The van der Waals surface area contributed by atoms with Crippen LogP contribution in [-0.2, 0) is 11.2 Å². The number of H-pyrrole nitrogens is 1. The van der Waals surface area contributed by atoms with Gasteiger partial charge in [0.2, 0.25) is 5.91 Å². The van der Waals surface area contributed by atoms with Crippen molar-refractivity contribution < 1.29 is 4.79 Å². The highest BCUT2D eigenvalue weighted by Crippen LogP contribution is 2.41. The maximum Gasteiger partial charge on any atom is 0.230 e. The average Bonchev–Trinajstić information content (AvgIpc) is 3.07. The molecule has 5 rings (SSSR count). The van der Waals surface area contributed by atoms with Gasteiger partial charge in [0.15, 0.2) is 0 Å². The number of benzene rings is 1. The molecule has 130 valence electrons. The summed E-state index contributed by atoms with van der Waals surface area (Å²) in [6.07, 6.45) is 9.04. The monoisotopic (exact) mass is 335 g/mol. The Kier molecular flexibility index (Phi) is 3.49. The Morgan fingerprint density at radius 1 is 1.20 bits per heavy atom. The number of aromatic nitrogens is 1. The number of likely N-dealkylation sites (N-methyl/N-ethyl adjacent to an activating group) is 1. The molecule has 2 aliphatic heterocycles. The van der Waals surface area contributed by atoms with Crippen LogP contribution in [0, 0.1) is 5.92 Å². The summed E-state index contributed by atoms with van der Waals surface area (Å²) in [5.41, 5.74) is 5.27. The molecule has 0 bridgehead atoms. The number of rotatable bonds is 1. The average molecular weight is 335 g/mol. The third-order valence-corrected chi connectivity index (χ3v) is 6.25. The van der Waals surface area contributed by atoms with Gasteiger partial charge in [-0.1, -0.05) is 18.2 Å². The minimum Gasteiger partial charge on any atom is -0.361 e. The summed E-state index contributed by atoms with van der Waals surface area (Å²) >= 11 is 0. The number of hydrogen-bond acceptors (Lipinski definition) is 2. The molecule has 2 aromatic rings. The summed E-state index contributed by atoms with van der Waals surface area (Å²) in [7, 11) is 2.17. The van der Waals surface area contributed by atoms with Gasteiger partial charge in [0, 0.05) is 42.8 Å². The van der Waals surface area contributed by atoms with Crippen molar-refractivity contribution in [3.63, 3.8) is 0 Å².